The Morgan fingerprint density at radius 1 is 1.41 bits per heavy atom. The second-order valence-electron chi connectivity index (χ2n) is 4.53. The predicted octanol–water partition coefficient (Wildman–Crippen LogP) is 2.04. The van der Waals surface area contributed by atoms with Crippen LogP contribution >= 0.6 is 0 Å². The van der Waals surface area contributed by atoms with Crippen LogP contribution in [0, 0.1) is 11.3 Å². The van der Waals surface area contributed by atoms with Crippen molar-refractivity contribution < 1.29 is 17.9 Å². The van der Waals surface area contributed by atoms with Crippen LogP contribution in [0.3, 0.4) is 0 Å². The van der Waals surface area contributed by atoms with E-state index >= 15 is 0 Å². The number of hydrogen-bond donors (Lipinski definition) is 2. The predicted molar refractivity (Wildman–Crippen MR) is 67.1 cm³/mol. The van der Waals surface area contributed by atoms with Gasteiger partial charge in [-0.05, 0) is 11.6 Å². The van der Waals surface area contributed by atoms with E-state index < -0.39 is 17.8 Å². The average Bonchev–Trinajstić information content (AvgIpc) is 2.91. The highest BCUT2D eigenvalue weighted by Crippen LogP contribution is 2.45. The van der Waals surface area contributed by atoms with E-state index in [2.05, 4.69) is 10.1 Å². The van der Waals surface area contributed by atoms with Gasteiger partial charge in [0.2, 0.25) is 11.6 Å². The van der Waals surface area contributed by atoms with Crippen LogP contribution in [-0.4, -0.2) is 15.2 Å². The summed E-state index contributed by atoms with van der Waals surface area (Å²) < 4.78 is 44.5. The van der Waals surface area contributed by atoms with E-state index in [-0.39, 0.29) is 22.9 Å². The molecule has 0 fully saturated rings. The third kappa shape index (κ3) is 2.05. The van der Waals surface area contributed by atoms with Crippen LogP contribution in [0.25, 0.3) is 0 Å². The highest BCUT2D eigenvalue weighted by Gasteiger charge is 2.44. The Morgan fingerprint density at radius 2 is 2.18 bits per heavy atom. The van der Waals surface area contributed by atoms with Crippen molar-refractivity contribution in [1.29, 1.82) is 5.26 Å². The number of fused-ring (bicyclic) bond motifs is 1. The Kier molecular flexibility index (Phi) is 3.02. The SMILES string of the molecule is N#CC1=C(N)[C@@H](c2cccnc2)c2c(n[nH]c2C(F)(F)F)O1. The van der Waals surface area contributed by atoms with Gasteiger partial charge in [0.05, 0.1) is 17.2 Å². The largest absolute Gasteiger partial charge is 0.433 e. The second kappa shape index (κ2) is 4.77. The number of nitrogens with two attached hydrogens (primary N) is 1. The van der Waals surface area contributed by atoms with E-state index in [1.165, 1.54) is 12.4 Å². The molecule has 0 aromatic carbocycles. The topological polar surface area (TPSA) is 101 Å². The van der Waals surface area contributed by atoms with Gasteiger partial charge in [-0.15, -0.1) is 5.10 Å². The molecular weight excluding hydrogens is 299 g/mol. The lowest BCUT2D eigenvalue weighted by atomic mass is 9.87. The van der Waals surface area contributed by atoms with Gasteiger partial charge in [-0.3, -0.25) is 10.1 Å². The summed E-state index contributed by atoms with van der Waals surface area (Å²) in [4.78, 5) is 3.88. The van der Waals surface area contributed by atoms with Crippen LogP contribution in [0.5, 0.6) is 5.88 Å². The molecule has 0 saturated carbocycles. The quantitative estimate of drug-likeness (QED) is 0.839. The monoisotopic (exact) mass is 307 g/mol. The Morgan fingerprint density at radius 3 is 2.77 bits per heavy atom. The highest BCUT2D eigenvalue weighted by molar-refractivity contribution is 5.52. The average molecular weight is 307 g/mol. The lowest BCUT2D eigenvalue weighted by Crippen LogP contribution is -2.23. The zero-order chi connectivity index (χ0) is 15.9. The molecule has 3 N–H and O–H groups in total. The van der Waals surface area contributed by atoms with Crippen molar-refractivity contribution in [2.75, 3.05) is 0 Å². The number of halogens is 3. The van der Waals surface area contributed by atoms with Gasteiger partial charge in [0.15, 0.2) is 0 Å². The molecular formula is C13H8F3N5O. The third-order valence-corrected chi connectivity index (χ3v) is 3.23. The number of aromatic amines is 1. The normalized spacial score (nSPS) is 17.6. The fourth-order valence-electron chi connectivity index (χ4n) is 2.32. The van der Waals surface area contributed by atoms with Crippen molar-refractivity contribution in [2.24, 2.45) is 5.73 Å². The maximum absolute atomic E-state index is 13.1. The molecule has 0 spiro atoms. The first-order valence-corrected chi connectivity index (χ1v) is 6.06. The fourth-order valence-corrected chi connectivity index (χ4v) is 2.32. The van der Waals surface area contributed by atoms with Crippen molar-refractivity contribution >= 4 is 0 Å². The summed E-state index contributed by atoms with van der Waals surface area (Å²) in [5.74, 6) is -1.60. The Labute approximate surface area is 122 Å². The minimum Gasteiger partial charge on any atom is -0.424 e. The number of alkyl halides is 3. The summed E-state index contributed by atoms with van der Waals surface area (Å²) in [6.07, 6.45) is -1.79. The van der Waals surface area contributed by atoms with Crippen molar-refractivity contribution in [1.82, 2.24) is 15.2 Å². The van der Waals surface area contributed by atoms with Gasteiger partial charge in [-0.1, -0.05) is 6.07 Å². The van der Waals surface area contributed by atoms with E-state index in [0.29, 0.717) is 5.56 Å². The molecule has 0 radical (unpaired) electrons. The summed E-state index contributed by atoms with van der Waals surface area (Å²) in [5, 5.41) is 14.4. The number of aromatic nitrogens is 3. The molecule has 6 nitrogen and oxygen atoms in total. The van der Waals surface area contributed by atoms with E-state index in [1.807, 2.05) is 5.10 Å². The van der Waals surface area contributed by atoms with Gasteiger partial charge >= 0.3 is 6.18 Å². The molecule has 1 aliphatic rings. The molecule has 3 rings (SSSR count). The number of ether oxygens (including phenoxy) is 1. The summed E-state index contributed by atoms with van der Waals surface area (Å²) in [6.45, 7) is 0. The van der Waals surface area contributed by atoms with Crippen LogP contribution in [0.15, 0.2) is 36.0 Å². The molecule has 0 bridgehead atoms. The lowest BCUT2D eigenvalue weighted by Gasteiger charge is -2.24. The first-order valence-electron chi connectivity index (χ1n) is 6.06. The maximum Gasteiger partial charge on any atom is 0.433 e. The molecule has 0 aliphatic carbocycles. The smallest absolute Gasteiger partial charge is 0.424 e. The molecule has 9 heteroatoms. The van der Waals surface area contributed by atoms with Crippen molar-refractivity contribution in [3.05, 3.63) is 52.8 Å². The van der Waals surface area contributed by atoms with Gasteiger partial charge < -0.3 is 10.5 Å². The number of allylic oxidation sites excluding steroid dienone is 2. The number of nitrogens with one attached hydrogen (secondary N) is 1. The third-order valence-electron chi connectivity index (χ3n) is 3.23. The second-order valence-corrected chi connectivity index (χ2v) is 4.53. The van der Waals surface area contributed by atoms with Crippen LogP contribution < -0.4 is 10.5 Å². The van der Waals surface area contributed by atoms with Gasteiger partial charge in [0.25, 0.3) is 0 Å². The fraction of sp³-hybridized carbons (Fsp3) is 0.154. The van der Waals surface area contributed by atoms with Gasteiger partial charge in [0.1, 0.15) is 11.8 Å². The number of rotatable bonds is 1. The maximum atomic E-state index is 13.1. The Balaban J connectivity index is 2.26. The van der Waals surface area contributed by atoms with Gasteiger partial charge in [0, 0.05) is 12.4 Å². The number of nitriles is 1. The van der Waals surface area contributed by atoms with Crippen molar-refractivity contribution in [3.63, 3.8) is 0 Å². The standard InChI is InChI=1S/C13H8F3N5O/c14-13(15,16)11-9-8(6-2-1-3-19-5-6)10(18)7(4-17)22-12(9)21-20-11/h1-3,5,8H,18H2,(H,20,21)/t8-/m0/s1. The molecule has 1 atom stereocenters. The van der Waals surface area contributed by atoms with Crippen LogP contribution in [0.2, 0.25) is 0 Å². The van der Waals surface area contributed by atoms with Crippen LogP contribution in [0.1, 0.15) is 22.7 Å². The minimum atomic E-state index is -4.66. The number of pyridine rings is 1. The minimum absolute atomic E-state index is 0.116. The van der Waals surface area contributed by atoms with Gasteiger partial charge in [-0.2, -0.15) is 18.4 Å². The molecule has 0 unspecified atom stereocenters. The Bertz CT molecular complexity index is 788. The Hall–Kier alpha value is -3.02. The molecule has 112 valence electrons. The van der Waals surface area contributed by atoms with Crippen LogP contribution in [-0.2, 0) is 6.18 Å². The van der Waals surface area contributed by atoms with E-state index in [9.17, 15) is 13.2 Å². The summed E-state index contributed by atoms with van der Waals surface area (Å²) in [5.41, 5.74) is 4.83. The molecule has 0 saturated heterocycles. The number of hydrogen-bond acceptors (Lipinski definition) is 5. The molecule has 0 amide bonds. The molecule has 22 heavy (non-hydrogen) atoms. The first-order chi connectivity index (χ1) is 10.4. The zero-order valence-corrected chi connectivity index (χ0v) is 10.8. The van der Waals surface area contributed by atoms with E-state index in [4.69, 9.17) is 15.7 Å². The first kappa shape index (κ1) is 13.9. The lowest BCUT2D eigenvalue weighted by molar-refractivity contribution is -0.141. The molecule has 2 aromatic rings. The van der Waals surface area contributed by atoms with Gasteiger partial charge in [-0.25, -0.2) is 0 Å². The van der Waals surface area contributed by atoms with E-state index in [0.717, 1.165) is 0 Å². The number of nitrogens with zero attached hydrogens (tertiary/aromatic N) is 3. The van der Waals surface area contributed by atoms with Crippen LogP contribution in [0.4, 0.5) is 13.2 Å². The molecule has 1 aliphatic heterocycles. The van der Waals surface area contributed by atoms with Crippen molar-refractivity contribution in [3.8, 4) is 11.9 Å². The number of H-pyrrole nitrogens is 1. The summed E-state index contributed by atoms with van der Waals surface area (Å²) in [6, 6.07) is 4.86. The highest BCUT2D eigenvalue weighted by atomic mass is 19.4. The molecule has 3 heterocycles. The summed E-state index contributed by atoms with van der Waals surface area (Å²) in [7, 11) is 0. The van der Waals surface area contributed by atoms with Crippen molar-refractivity contribution in [2.45, 2.75) is 12.1 Å². The van der Waals surface area contributed by atoms with E-state index in [1.54, 1.807) is 18.2 Å². The molecule has 2 aromatic heterocycles. The zero-order valence-electron chi connectivity index (χ0n) is 10.8. The summed E-state index contributed by atoms with van der Waals surface area (Å²) >= 11 is 0.